The Hall–Kier alpha value is -1.88. The number of hydrogen-bond donors (Lipinski definition) is 1. The molecule has 1 aromatic rings. The van der Waals surface area contributed by atoms with E-state index in [9.17, 15) is 9.59 Å². The zero-order valence-corrected chi connectivity index (χ0v) is 12.0. The van der Waals surface area contributed by atoms with E-state index in [4.69, 9.17) is 9.84 Å². The summed E-state index contributed by atoms with van der Waals surface area (Å²) in [5.41, 5.74) is 2.07. The molecule has 1 amide bonds. The minimum atomic E-state index is -0.933. The quantitative estimate of drug-likeness (QED) is 0.925. The lowest BCUT2D eigenvalue weighted by molar-refractivity contribution is -0.123. The first-order valence-electron chi connectivity index (χ1n) is 7.41. The number of nitrogens with zero attached hydrogens (tertiary/aromatic N) is 1. The second-order valence-corrected chi connectivity index (χ2v) is 5.60. The van der Waals surface area contributed by atoms with Gasteiger partial charge in [-0.2, -0.15) is 0 Å². The molecule has 2 atom stereocenters. The van der Waals surface area contributed by atoms with E-state index in [1.165, 1.54) is 0 Å². The van der Waals surface area contributed by atoms with Crippen LogP contribution < -0.4 is 4.90 Å². The Bertz CT molecular complexity index is 584. The molecule has 2 unspecified atom stereocenters. The first-order chi connectivity index (χ1) is 10.1. The molecule has 1 N–H and O–H groups in total. The summed E-state index contributed by atoms with van der Waals surface area (Å²) in [5, 5.41) is 9.03. The van der Waals surface area contributed by atoms with Gasteiger partial charge in [-0.05, 0) is 43.0 Å². The van der Waals surface area contributed by atoms with Crippen LogP contribution in [-0.2, 0) is 16.0 Å². The van der Waals surface area contributed by atoms with Gasteiger partial charge in [0.15, 0.2) is 0 Å². The number of carbonyl (C=O) groups is 2. The molecule has 3 rings (SSSR count). The Balaban J connectivity index is 1.84. The Morgan fingerprint density at radius 1 is 1.43 bits per heavy atom. The van der Waals surface area contributed by atoms with Crippen LogP contribution in [0.1, 0.15) is 35.7 Å². The van der Waals surface area contributed by atoms with Crippen LogP contribution in [0.4, 0.5) is 5.69 Å². The van der Waals surface area contributed by atoms with E-state index in [2.05, 4.69) is 0 Å². The van der Waals surface area contributed by atoms with E-state index in [1.807, 2.05) is 6.92 Å². The van der Waals surface area contributed by atoms with E-state index < -0.39 is 5.97 Å². The van der Waals surface area contributed by atoms with Crippen LogP contribution in [0.5, 0.6) is 0 Å². The molecule has 2 heterocycles. The molecule has 5 heteroatoms. The van der Waals surface area contributed by atoms with Crippen molar-refractivity contribution < 1.29 is 19.4 Å². The maximum atomic E-state index is 12.7. The van der Waals surface area contributed by atoms with Crippen LogP contribution in [0.25, 0.3) is 0 Å². The summed E-state index contributed by atoms with van der Waals surface area (Å²) in [6.45, 7) is 3.31. The highest BCUT2D eigenvalue weighted by atomic mass is 16.5. The third kappa shape index (κ3) is 2.42. The number of rotatable bonds is 3. The van der Waals surface area contributed by atoms with Crippen LogP contribution in [-0.4, -0.2) is 36.2 Å². The molecule has 0 aliphatic carbocycles. The van der Waals surface area contributed by atoms with E-state index >= 15 is 0 Å². The van der Waals surface area contributed by atoms with Crippen molar-refractivity contribution in [2.45, 2.75) is 32.3 Å². The van der Waals surface area contributed by atoms with Crippen molar-refractivity contribution in [3.8, 4) is 0 Å². The molecular weight excluding hydrogens is 270 g/mol. The summed E-state index contributed by atoms with van der Waals surface area (Å²) in [5.74, 6) is -0.890. The second-order valence-electron chi connectivity index (χ2n) is 5.60. The van der Waals surface area contributed by atoms with E-state index in [0.717, 1.165) is 24.1 Å². The number of carboxylic acid groups (broad SMARTS) is 1. The smallest absolute Gasteiger partial charge is 0.335 e. The number of carboxylic acids is 1. The van der Waals surface area contributed by atoms with E-state index in [-0.39, 0.29) is 23.5 Å². The third-order valence-electron chi connectivity index (χ3n) is 4.42. The van der Waals surface area contributed by atoms with Gasteiger partial charge in [-0.15, -0.1) is 0 Å². The fourth-order valence-electron chi connectivity index (χ4n) is 3.30. The molecule has 0 aromatic heterocycles. The maximum absolute atomic E-state index is 12.7. The normalized spacial score (nSPS) is 24.1. The first kappa shape index (κ1) is 14.1. The molecule has 0 saturated carbocycles. The molecule has 2 aliphatic rings. The van der Waals surface area contributed by atoms with Crippen LogP contribution in [0.15, 0.2) is 18.2 Å². The summed E-state index contributed by atoms with van der Waals surface area (Å²) in [6, 6.07) is 4.99. The third-order valence-corrected chi connectivity index (χ3v) is 4.42. The zero-order chi connectivity index (χ0) is 15.0. The van der Waals surface area contributed by atoms with Gasteiger partial charge in [-0.1, -0.05) is 6.92 Å². The lowest BCUT2D eigenvalue weighted by Crippen LogP contribution is -2.38. The lowest BCUT2D eigenvalue weighted by Gasteiger charge is -2.24. The SMILES string of the molecule is CCC1OCCC1C(=O)N1CCc2cc(C(=O)O)ccc21. The number of hydrogen-bond acceptors (Lipinski definition) is 3. The number of anilines is 1. The van der Waals surface area contributed by atoms with Gasteiger partial charge in [0, 0.05) is 18.8 Å². The van der Waals surface area contributed by atoms with Crippen LogP contribution in [0.2, 0.25) is 0 Å². The minimum Gasteiger partial charge on any atom is -0.478 e. The van der Waals surface area contributed by atoms with Crippen molar-refractivity contribution in [1.29, 1.82) is 0 Å². The average molecular weight is 289 g/mol. The maximum Gasteiger partial charge on any atom is 0.335 e. The number of benzene rings is 1. The van der Waals surface area contributed by atoms with Gasteiger partial charge in [0.2, 0.25) is 5.91 Å². The lowest BCUT2D eigenvalue weighted by atomic mass is 9.98. The fraction of sp³-hybridized carbons (Fsp3) is 0.500. The van der Waals surface area contributed by atoms with Crippen molar-refractivity contribution in [2.24, 2.45) is 5.92 Å². The Kier molecular flexibility index (Phi) is 3.68. The van der Waals surface area contributed by atoms with Crippen molar-refractivity contribution in [2.75, 3.05) is 18.1 Å². The summed E-state index contributed by atoms with van der Waals surface area (Å²) < 4.78 is 5.61. The molecule has 5 nitrogen and oxygen atoms in total. The van der Waals surface area contributed by atoms with Gasteiger partial charge in [-0.25, -0.2) is 4.79 Å². The van der Waals surface area contributed by atoms with Crippen molar-refractivity contribution in [1.82, 2.24) is 0 Å². The Morgan fingerprint density at radius 3 is 2.95 bits per heavy atom. The van der Waals surface area contributed by atoms with Crippen molar-refractivity contribution in [3.63, 3.8) is 0 Å². The molecule has 0 radical (unpaired) electrons. The number of aromatic carboxylic acids is 1. The molecule has 112 valence electrons. The highest BCUT2D eigenvalue weighted by Gasteiger charge is 2.37. The standard InChI is InChI=1S/C16H19NO4/c1-2-14-12(6-8-21-14)15(18)17-7-5-10-9-11(16(19)20)3-4-13(10)17/h3-4,9,12,14H,2,5-8H2,1H3,(H,19,20). The topological polar surface area (TPSA) is 66.8 Å². The summed E-state index contributed by atoms with van der Waals surface area (Å²) in [6.07, 6.45) is 2.35. The van der Waals surface area contributed by atoms with Gasteiger partial charge < -0.3 is 14.7 Å². The predicted octanol–water partition coefficient (Wildman–Crippen LogP) is 2.09. The second kappa shape index (κ2) is 5.48. The molecule has 1 aromatic carbocycles. The number of carbonyl (C=O) groups excluding carboxylic acids is 1. The molecule has 2 aliphatic heterocycles. The van der Waals surface area contributed by atoms with Gasteiger partial charge in [0.05, 0.1) is 17.6 Å². The highest BCUT2D eigenvalue weighted by Crippen LogP contribution is 2.33. The zero-order valence-electron chi connectivity index (χ0n) is 12.0. The predicted molar refractivity (Wildman–Crippen MR) is 77.6 cm³/mol. The first-order valence-corrected chi connectivity index (χ1v) is 7.41. The number of amides is 1. The Labute approximate surface area is 123 Å². The number of ether oxygens (including phenoxy) is 1. The molecule has 0 spiro atoms. The summed E-state index contributed by atoms with van der Waals surface area (Å²) >= 11 is 0. The van der Waals surface area contributed by atoms with Crippen LogP contribution in [0, 0.1) is 5.92 Å². The average Bonchev–Trinajstić information content (AvgIpc) is 3.12. The molecular formula is C16H19NO4. The highest BCUT2D eigenvalue weighted by molar-refractivity contribution is 5.98. The molecule has 21 heavy (non-hydrogen) atoms. The van der Waals surface area contributed by atoms with E-state index in [0.29, 0.717) is 19.6 Å². The van der Waals surface area contributed by atoms with Gasteiger partial charge in [0.25, 0.3) is 0 Å². The van der Waals surface area contributed by atoms with Crippen LogP contribution >= 0.6 is 0 Å². The monoisotopic (exact) mass is 289 g/mol. The molecule has 0 bridgehead atoms. The number of fused-ring (bicyclic) bond motifs is 1. The molecule has 1 fully saturated rings. The van der Waals surface area contributed by atoms with Crippen molar-refractivity contribution in [3.05, 3.63) is 29.3 Å². The van der Waals surface area contributed by atoms with Gasteiger partial charge in [0.1, 0.15) is 0 Å². The van der Waals surface area contributed by atoms with Gasteiger partial charge in [-0.3, -0.25) is 4.79 Å². The fourth-order valence-corrected chi connectivity index (χ4v) is 3.30. The molecule has 1 saturated heterocycles. The largest absolute Gasteiger partial charge is 0.478 e. The van der Waals surface area contributed by atoms with E-state index in [1.54, 1.807) is 23.1 Å². The Morgan fingerprint density at radius 2 is 2.24 bits per heavy atom. The summed E-state index contributed by atoms with van der Waals surface area (Å²) in [4.78, 5) is 25.5. The minimum absolute atomic E-state index is 0.0137. The summed E-state index contributed by atoms with van der Waals surface area (Å²) in [7, 11) is 0. The van der Waals surface area contributed by atoms with Crippen LogP contribution in [0.3, 0.4) is 0 Å². The van der Waals surface area contributed by atoms with Gasteiger partial charge >= 0.3 is 5.97 Å². The van der Waals surface area contributed by atoms with Crippen molar-refractivity contribution >= 4 is 17.6 Å².